The van der Waals surface area contributed by atoms with Crippen molar-refractivity contribution in [2.45, 2.75) is 43.9 Å². The lowest BCUT2D eigenvalue weighted by molar-refractivity contribution is 0.286. The average Bonchev–Trinajstić information content (AvgIpc) is 2.89. The van der Waals surface area contributed by atoms with E-state index in [4.69, 9.17) is 19.9 Å². The normalized spacial score (nSPS) is 11.7. The van der Waals surface area contributed by atoms with Gasteiger partial charge in [-0.15, -0.1) is 0 Å². The van der Waals surface area contributed by atoms with Crippen LogP contribution >= 0.6 is 12.2 Å². The molecule has 2 aromatic carbocycles. The van der Waals surface area contributed by atoms with E-state index in [1.807, 2.05) is 0 Å². The number of aromatic nitrogens is 2. The summed E-state index contributed by atoms with van der Waals surface area (Å²) in [6.07, 6.45) is 3.95. The number of hydrogen-bond acceptors (Lipinski definition) is 9. The highest BCUT2D eigenvalue weighted by Gasteiger charge is 2.23. The molecule has 11 nitrogen and oxygen atoms in total. The van der Waals surface area contributed by atoms with Crippen LogP contribution in [0.2, 0.25) is 0 Å². The molecule has 3 rings (SSSR count). The molecule has 13 heteroatoms. The Kier molecular flexibility index (Phi) is 10.0. The monoisotopic (exact) mass is 572 g/mol. The number of hydrogen-bond donors (Lipinski definition) is 3. The number of benzene rings is 2. The van der Waals surface area contributed by atoms with E-state index in [2.05, 4.69) is 58.2 Å². The molecule has 0 spiro atoms. The van der Waals surface area contributed by atoms with Crippen LogP contribution in [0.4, 0.5) is 5.82 Å². The SMILES string of the molecule is COc1cccc(Oc2c(NS(=O)(=O)c3ccc(C(C)(C)C)cc3)ncnc2OCCC/C=N/NC(N)=S)c1. The summed E-state index contributed by atoms with van der Waals surface area (Å²) in [7, 11) is -2.48. The Morgan fingerprint density at radius 2 is 1.85 bits per heavy atom. The predicted octanol–water partition coefficient (Wildman–Crippen LogP) is 4.35. The largest absolute Gasteiger partial charge is 0.497 e. The van der Waals surface area contributed by atoms with E-state index in [-0.39, 0.29) is 39.5 Å². The van der Waals surface area contributed by atoms with E-state index in [0.29, 0.717) is 24.3 Å². The number of unbranched alkanes of at least 4 members (excludes halogenated alkanes) is 1. The molecule has 0 bridgehead atoms. The van der Waals surface area contributed by atoms with Gasteiger partial charge in [-0.2, -0.15) is 10.1 Å². The molecule has 0 aliphatic rings. The highest BCUT2D eigenvalue weighted by Crippen LogP contribution is 2.37. The molecule has 4 N–H and O–H groups in total. The Balaban J connectivity index is 1.86. The number of hydrazone groups is 1. The number of anilines is 1. The molecule has 1 aromatic heterocycles. The second-order valence-corrected chi connectivity index (χ2v) is 11.4. The van der Waals surface area contributed by atoms with Crippen LogP contribution in [0, 0.1) is 0 Å². The van der Waals surface area contributed by atoms with Crippen molar-refractivity contribution in [2.75, 3.05) is 18.4 Å². The molecule has 208 valence electrons. The van der Waals surface area contributed by atoms with Crippen molar-refractivity contribution in [1.82, 2.24) is 15.4 Å². The molecule has 0 radical (unpaired) electrons. The maximum Gasteiger partial charge on any atom is 0.263 e. The summed E-state index contributed by atoms with van der Waals surface area (Å²) in [6, 6.07) is 13.5. The van der Waals surface area contributed by atoms with E-state index in [0.717, 1.165) is 5.56 Å². The number of methoxy groups -OCH3 is 1. The minimum absolute atomic E-state index is 0.00412. The average molecular weight is 573 g/mol. The number of thiocarbonyl (C=S) groups is 1. The second kappa shape index (κ2) is 13.2. The van der Waals surface area contributed by atoms with Crippen LogP contribution < -0.4 is 30.1 Å². The van der Waals surface area contributed by atoms with Crippen molar-refractivity contribution in [3.63, 3.8) is 0 Å². The Hall–Kier alpha value is -3.97. The molecule has 3 aromatic rings. The third-order valence-corrected chi connectivity index (χ3v) is 6.72. The van der Waals surface area contributed by atoms with Crippen LogP contribution in [0.25, 0.3) is 0 Å². The zero-order valence-corrected chi connectivity index (χ0v) is 23.8. The Morgan fingerprint density at radius 3 is 2.51 bits per heavy atom. The lowest BCUT2D eigenvalue weighted by Gasteiger charge is -2.19. The van der Waals surface area contributed by atoms with E-state index in [1.165, 1.54) is 13.4 Å². The minimum Gasteiger partial charge on any atom is -0.497 e. The first-order valence-electron chi connectivity index (χ1n) is 12.0. The van der Waals surface area contributed by atoms with Gasteiger partial charge in [0.2, 0.25) is 5.75 Å². The first kappa shape index (κ1) is 29.6. The maximum absolute atomic E-state index is 13.3. The van der Waals surface area contributed by atoms with Gasteiger partial charge in [-0.1, -0.05) is 39.0 Å². The van der Waals surface area contributed by atoms with Crippen LogP contribution in [0.1, 0.15) is 39.2 Å². The van der Waals surface area contributed by atoms with Gasteiger partial charge in [0.25, 0.3) is 15.9 Å². The highest BCUT2D eigenvalue weighted by molar-refractivity contribution is 7.92. The molecule has 0 aliphatic carbocycles. The van der Waals surface area contributed by atoms with Gasteiger partial charge in [0.1, 0.15) is 17.8 Å². The summed E-state index contributed by atoms with van der Waals surface area (Å²) in [5.41, 5.74) is 8.69. The van der Waals surface area contributed by atoms with Gasteiger partial charge >= 0.3 is 0 Å². The molecule has 0 amide bonds. The molecule has 0 atom stereocenters. The zero-order valence-electron chi connectivity index (χ0n) is 22.2. The fourth-order valence-electron chi connectivity index (χ4n) is 3.25. The summed E-state index contributed by atoms with van der Waals surface area (Å²) >= 11 is 4.69. The zero-order chi connectivity index (χ0) is 28.5. The summed E-state index contributed by atoms with van der Waals surface area (Å²) < 4.78 is 46.2. The topological polar surface area (TPSA) is 150 Å². The molecule has 0 unspecified atom stereocenters. The van der Waals surface area contributed by atoms with Crippen molar-refractivity contribution >= 4 is 39.4 Å². The van der Waals surface area contributed by atoms with Crippen molar-refractivity contribution < 1.29 is 22.6 Å². The fourth-order valence-corrected chi connectivity index (χ4v) is 4.31. The van der Waals surface area contributed by atoms with Gasteiger partial charge in [-0.05, 0) is 60.3 Å². The lowest BCUT2D eigenvalue weighted by Crippen LogP contribution is -2.23. The predicted molar refractivity (Wildman–Crippen MR) is 154 cm³/mol. The highest BCUT2D eigenvalue weighted by atomic mass is 32.2. The fraction of sp³-hybridized carbons (Fsp3) is 0.308. The number of ether oxygens (including phenoxy) is 3. The number of nitrogens with two attached hydrogens (primary N) is 1. The van der Waals surface area contributed by atoms with Crippen LogP contribution in [-0.2, 0) is 15.4 Å². The molecule has 1 heterocycles. The molecule has 0 saturated heterocycles. The number of sulfonamides is 1. The van der Waals surface area contributed by atoms with Crippen LogP contribution in [0.5, 0.6) is 23.1 Å². The first-order chi connectivity index (χ1) is 18.5. The molecule has 0 saturated carbocycles. The quantitative estimate of drug-likeness (QED) is 0.124. The van der Waals surface area contributed by atoms with Crippen LogP contribution in [-0.4, -0.2) is 43.4 Å². The van der Waals surface area contributed by atoms with Crippen LogP contribution in [0.3, 0.4) is 0 Å². The van der Waals surface area contributed by atoms with Crippen molar-refractivity contribution in [1.29, 1.82) is 0 Å². The molecule has 0 fully saturated rings. The molecule has 39 heavy (non-hydrogen) atoms. The van der Waals surface area contributed by atoms with Crippen molar-refractivity contribution in [2.24, 2.45) is 10.8 Å². The third-order valence-electron chi connectivity index (χ3n) is 5.28. The molecular weight excluding hydrogens is 540 g/mol. The third kappa shape index (κ3) is 8.79. The lowest BCUT2D eigenvalue weighted by atomic mass is 9.87. The molecular formula is C26H32N6O5S2. The summed E-state index contributed by atoms with van der Waals surface area (Å²) in [6.45, 7) is 6.40. The Morgan fingerprint density at radius 1 is 1.13 bits per heavy atom. The van der Waals surface area contributed by atoms with Crippen molar-refractivity contribution in [3.8, 4) is 23.1 Å². The number of rotatable bonds is 12. The van der Waals surface area contributed by atoms with E-state index in [9.17, 15) is 8.42 Å². The molecule has 0 aliphatic heterocycles. The van der Waals surface area contributed by atoms with Gasteiger partial charge in [-0.3, -0.25) is 10.1 Å². The van der Waals surface area contributed by atoms with Gasteiger partial charge in [0.05, 0.1) is 18.6 Å². The number of nitrogens with one attached hydrogen (secondary N) is 2. The van der Waals surface area contributed by atoms with Gasteiger partial charge < -0.3 is 19.9 Å². The Bertz CT molecular complexity index is 1410. The van der Waals surface area contributed by atoms with Gasteiger partial charge in [0, 0.05) is 12.3 Å². The van der Waals surface area contributed by atoms with E-state index >= 15 is 0 Å². The Labute approximate surface area is 233 Å². The summed E-state index contributed by atoms with van der Waals surface area (Å²) in [4.78, 5) is 8.39. The summed E-state index contributed by atoms with van der Waals surface area (Å²) in [5.74, 6) is 0.916. The van der Waals surface area contributed by atoms with E-state index < -0.39 is 10.0 Å². The maximum atomic E-state index is 13.3. The summed E-state index contributed by atoms with van der Waals surface area (Å²) in [5, 5.41) is 3.94. The van der Waals surface area contributed by atoms with Gasteiger partial charge in [-0.25, -0.2) is 13.4 Å². The van der Waals surface area contributed by atoms with Crippen molar-refractivity contribution in [3.05, 3.63) is 60.4 Å². The van der Waals surface area contributed by atoms with Crippen LogP contribution in [0.15, 0.2) is 64.9 Å². The number of nitrogens with zero attached hydrogens (tertiary/aromatic N) is 3. The second-order valence-electron chi connectivity index (χ2n) is 9.30. The minimum atomic E-state index is -4.01. The van der Waals surface area contributed by atoms with Gasteiger partial charge in [0.15, 0.2) is 10.9 Å². The standard InChI is InChI=1S/C26H32N6O5S2/c1-26(2,3)18-10-12-21(13-11-18)39(33,34)32-23-22(37-20-9-7-8-19(16-20)35-4)24(29-17-28-23)36-15-6-5-14-30-31-25(27)38/h7-14,16-17H,5-6,15H2,1-4H3,(H3,27,31,38)(H,28,29,32)/b30-14+. The van der Waals surface area contributed by atoms with E-state index in [1.54, 1.807) is 54.7 Å². The first-order valence-corrected chi connectivity index (χ1v) is 13.9. The smallest absolute Gasteiger partial charge is 0.263 e.